The molecular formula is C24H27N3O3S. The fraction of sp³-hybridized carbons (Fsp3) is 0.250. The fourth-order valence-corrected chi connectivity index (χ4v) is 5.49. The summed E-state index contributed by atoms with van der Waals surface area (Å²) >= 11 is 0. The lowest BCUT2D eigenvalue weighted by Crippen LogP contribution is -2.47. The monoisotopic (exact) mass is 437 g/mol. The molecule has 0 spiro atoms. The standard InChI is InChI=1S/C24H27N3O3S/c1-3-10-21(25-2)17-26-24(28)20-15-16-23(19-11-6-4-7-12-19)27(18-20)31(29,30)22-13-8-5-9-14-22/h3-14,20,23H,1-2,15-18H2,(H,26,28)/b21-10-/t20-,23?/m1/s1. The number of aliphatic imine (C=N–C) groups is 1. The summed E-state index contributed by atoms with van der Waals surface area (Å²) < 4.78 is 28.4. The van der Waals surface area contributed by atoms with Gasteiger partial charge in [0.1, 0.15) is 0 Å². The average molecular weight is 438 g/mol. The van der Waals surface area contributed by atoms with Crippen LogP contribution >= 0.6 is 0 Å². The van der Waals surface area contributed by atoms with Crippen molar-refractivity contribution < 1.29 is 13.2 Å². The minimum atomic E-state index is -3.77. The van der Waals surface area contributed by atoms with Crippen LogP contribution in [0.3, 0.4) is 0 Å². The van der Waals surface area contributed by atoms with Crippen molar-refractivity contribution in [1.29, 1.82) is 0 Å². The summed E-state index contributed by atoms with van der Waals surface area (Å²) in [5, 5.41) is 2.84. The van der Waals surface area contributed by atoms with Gasteiger partial charge in [0, 0.05) is 6.54 Å². The number of benzene rings is 2. The maximum absolute atomic E-state index is 13.5. The van der Waals surface area contributed by atoms with Gasteiger partial charge in [-0.05, 0) is 43.3 Å². The van der Waals surface area contributed by atoms with Gasteiger partial charge in [-0.2, -0.15) is 4.31 Å². The van der Waals surface area contributed by atoms with Gasteiger partial charge in [-0.15, -0.1) is 0 Å². The van der Waals surface area contributed by atoms with Crippen molar-refractivity contribution in [3.63, 3.8) is 0 Å². The molecule has 1 N–H and O–H groups in total. The minimum Gasteiger partial charge on any atom is -0.350 e. The summed E-state index contributed by atoms with van der Waals surface area (Å²) in [5.74, 6) is -0.647. The molecule has 0 aliphatic carbocycles. The van der Waals surface area contributed by atoms with E-state index in [0.717, 1.165) is 5.56 Å². The predicted molar refractivity (Wildman–Crippen MR) is 123 cm³/mol. The van der Waals surface area contributed by atoms with Crippen LogP contribution < -0.4 is 5.32 Å². The van der Waals surface area contributed by atoms with Gasteiger partial charge in [0.25, 0.3) is 0 Å². The van der Waals surface area contributed by atoms with Crippen molar-refractivity contribution in [2.24, 2.45) is 10.9 Å². The molecule has 31 heavy (non-hydrogen) atoms. The zero-order valence-corrected chi connectivity index (χ0v) is 18.2. The molecule has 1 saturated heterocycles. The number of hydrogen-bond donors (Lipinski definition) is 1. The number of piperidine rings is 1. The number of carbonyl (C=O) groups is 1. The van der Waals surface area contributed by atoms with E-state index in [1.54, 1.807) is 42.5 Å². The van der Waals surface area contributed by atoms with Crippen molar-refractivity contribution in [3.05, 3.63) is 90.7 Å². The average Bonchev–Trinajstić information content (AvgIpc) is 2.82. The highest BCUT2D eigenvalue weighted by Crippen LogP contribution is 2.37. The van der Waals surface area contributed by atoms with Crippen LogP contribution in [0.2, 0.25) is 0 Å². The molecule has 1 aliphatic heterocycles. The number of hydrogen-bond acceptors (Lipinski definition) is 4. The molecule has 1 fully saturated rings. The first-order valence-electron chi connectivity index (χ1n) is 10.1. The first-order valence-corrected chi connectivity index (χ1v) is 11.6. The fourth-order valence-electron chi connectivity index (χ4n) is 3.78. The summed E-state index contributed by atoms with van der Waals surface area (Å²) in [5.41, 5.74) is 1.52. The zero-order chi connectivity index (χ0) is 22.3. The highest BCUT2D eigenvalue weighted by atomic mass is 32.2. The van der Waals surface area contributed by atoms with E-state index in [0.29, 0.717) is 18.5 Å². The van der Waals surface area contributed by atoms with Crippen molar-refractivity contribution in [2.75, 3.05) is 13.1 Å². The number of rotatable bonds is 8. The molecule has 2 atom stereocenters. The smallest absolute Gasteiger partial charge is 0.243 e. The van der Waals surface area contributed by atoms with Gasteiger partial charge < -0.3 is 5.32 Å². The van der Waals surface area contributed by atoms with Crippen LogP contribution in [0.1, 0.15) is 24.4 Å². The SMILES string of the molecule is C=C/C=C(/CNC(=O)[C@@H]1CCC(c2ccccc2)N(S(=O)(=O)c2ccccc2)C1)N=C. The molecule has 0 radical (unpaired) electrons. The molecular weight excluding hydrogens is 410 g/mol. The van der Waals surface area contributed by atoms with Crippen LogP contribution in [0.5, 0.6) is 0 Å². The molecule has 2 aromatic carbocycles. The third kappa shape index (κ3) is 5.37. The van der Waals surface area contributed by atoms with Crippen molar-refractivity contribution in [1.82, 2.24) is 9.62 Å². The van der Waals surface area contributed by atoms with Gasteiger partial charge in [-0.3, -0.25) is 9.79 Å². The van der Waals surface area contributed by atoms with Gasteiger partial charge in [0.05, 0.1) is 29.1 Å². The molecule has 0 saturated carbocycles. The second kappa shape index (κ2) is 10.3. The van der Waals surface area contributed by atoms with E-state index in [4.69, 9.17) is 0 Å². The second-order valence-electron chi connectivity index (χ2n) is 7.36. The van der Waals surface area contributed by atoms with E-state index in [1.165, 1.54) is 4.31 Å². The number of nitrogens with zero attached hydrogens (tertiary/aromatic N) is 2. The highest BCUT2D eigenvalue weighted by molar-refractivity contribution is 7.89. The van der Waals surface area contributed by atoms with E-state index < -0.39 is 15.9 Å². The Kier molecular flexibility index (Phi) is 7.55. The maximum atomic E-state index is 13.5. The third-order valence-corrected chi connectivity index (χ3v) is 7.29. The summed E-state index contributed by atoms with van der Waals surface area (Å²) in [6, 6.07) is 17.6. The largest absolute Gasteiger partial charge is 0.350 e. The summed E-state index contributed by atoms with van der Waals surface area (Å²) in [7, 11) is -3.77. The van der Waals surface area contributed by atoms with Gasteiger partial charge >= 0.3 is 0 Å². The number of nitrogens with one attached hydrogen (secondary N) is 1. The molecule has 2 aromatic rings. The van der Waals surface area contributed by atoms with Gasteiger partial charge in [0.15, 0.2) is 0 Å². The lowest BCUT2D eigenvalue weighted by atomic mass is 9.90. The normalized spacial score (nSPS) is 20.1. The van der Waals surface area contributed by atoms with E-state index >= 15 is 0 Å². The third-order valence-electron chi connectivity index (χ3n) is 5.40. The Morgan fingerprint density at radius 1 is 1.10 bits per heavy atom. The van der Waals surface area contributed by atoms with Gasteiger partial charge in [-0.25, -0.2) is 8.42 Å². The summed E-state index contributed by atoms with van der Waals surface area (Å²) in [6.45, 7) is 7.44. The molecule has 1 amide bonds. The van der Waals surface area contributed by atoms with Crippen LogP contribution in [-0.2, 0) is 14.8 Å². The number of amides is 1. The Balaban J connectivity index is 1.85. The Bertz CT molecular complexity index is 1050. The Hall–Kier alpha value is -3.03. The van der Waals surface area contributed by atoms with Crippen molar-refractivity contribution >= 4 is 22.6 Å². The molecule has 3 rings (SSSR count). The number of allylic oxidation sites excluding steroid dienone is 2. The summed E-state index contributed by atoms with van der Waals surface area (Å²) in [4.78, 5) is 16.9. The van der Waals surface area contributed by atoms with Crippen molar-refractivity contribution in [2.45, 2.75) is 23.8 Å². The number of sulfonamides is 1. The molecule has 1 heterocycles. The van der Waals surface area contributed by atoms with E-state index in [-0.39, 0.29) is 29.9 Å². The van der Waals surface area contributed by atoms with Crippen LogP contribution in [0.15, 0.2) is 95.0 Å². The van der Waals surface area contributed by atoms with E-state index in [2.05, 4.69) is 23.6 Å². The van der Waals surface area contributed by atoms with Crippen LogP contribution in [0.25, 0.3) is 0 Å². The molecule has 162 valence electrons. The number of carbonyl (C=O) groups excluding carboxylic acids is 1. The molecule has 0 aromatic heterocycles. The van der Waals surface area contributed by atoms with Crippen LogP contribution in [0, 0.1) is 5.92 Å². The second-order valence-corrected chi connectivity index (χ2v) is 9.25. The first kappa shape index (κ1) is 22.7. The minimum absolute atomic E-state index is 0.116. The Morgan fingerprint density at radius 3 is 2.35 bits per heavy atom. The molecule has 6 nitrogen and oxygen atoms in total. The lowest BCUT2D eigenvalue weighted by Gasteiger charge is -2.38. The van der Waals surface area contributed by atoms with Gasteiger partial charge in [0.2, 0.25) is 15.9 Å². The van der Waals surface area contributed by atoms with Gasteiger partial charge in [-0.1, -0.05) is 61.2 Å². The van der Waals surface area contributed by atoms with Crippen LogP contribution in [0.4, 0.5) is 0 Å². The lowest BCUT2D eigenvalue weighted by molar-refractivity contribution is -0.126. The quantitative estimate of drug-likeness (QED) is 0.505. The molecule has 7 heteroatoms. The van der Waals surface area contributed by atoms with E-state index in [1.807, 2.05) is 30.3 Å². The molecule has 1 unspecified atom stereocenters. The Labute approximate surface area is 184 Å². The molecule has 1 aliphatic rings. The van der Waals surface area contributed by atoms with Crippen molar-refractivity contribution in [3.8, 4) is 0 Å². The first-order chi connectivity index (χ1) is 15.0. The molecule has 0 bridgehead atoms. The zero-order valence-electron chi connectivity index (χ0n) is 17.4. The highest BCUT2D eigenvalue weighted by Gasteiger charge is 2.39. The van der Waals surface area contributed by atoms with Crippen LogP contribution in [-0.4, -0.2) is 38.4 Å². The Morgan fingerprint density at radius 2 is 1.74 bits per heavy atom. The topological polar surface area (TPSA) is 78.8 Å². The maximum Gasteiger partial charge on any atom is 0.243 e. The summed E-state index contributed by atoms with van der Waals surface area (Å²) in [6.07, 6.45) is 4.40. The van der Waals surface area contributed by atoms with E-state index in [9.17, 15) is 13.2 Å². The predicted octanol–water partition coefficient (Wildman–Crippen LogP) is 3.72.